The number of aromatic nitrogens is 4. The predicted octanol–water partition coefficient (Wildman–Crippen LogP) is 5.80. The van der Waals surface area contributed by atoms with Gasteiger partial charge in [0, 0.05) is 24.8 Å². The van der Waals surface area contributed by atoms with E-state index < -0.39 is 0 Å². The number of ether oxygens (including phenoxy) is 1. The van der Waals surface area contributed by atoms with Crippen LogP contribution in [0.25, 0.3) is 17.3 Å². The summed E-state index contributed by atoms with van der Waals surface area (Å²) in [6, 6.07) is 14.8. The molecule has 0 spiro atoms. The van der Waals surface area contributed by atoms with E-state index in [1.54, 1.807) is 16.8 Å². The normalized spacial score (nSPS) is 11.3. The fourth-order valence-corrected chi connectivity index (χ4v) is 3.22. The van der Waals surface area contributed by atoms with Gasteiger partial charge in [-0.25, -0.2) is 4.68 Å². The highest BCUT2D eigenvalue weighted by Gasteiger charge is 2.25. The molecule has 0 bridgehead atoms. The van der Waals surface area contributed by atoms with Crippen LogP contribution in [0.5, 0.6) is 5.75 Å². The number of hydrogen-bond acceptors (Lipinski definition) is 8. The summed E-state index contributed by atoms with van der Waals surface area (Å²) in [6.45, 7) is 0. The van der Waals surface area contributed by atoms with Crippen LogP contribution < -0.4 is 9.64 Å². The van der Waals surface area contributed by atoms with Gasteiger partial charge in [0.25, 0.3) is 5.89 Å². The van der Waals surface area contributed by atoms with Crippen molar-refractivity contribution in [3.63, 3.8) is 0 Å². The molecule has 0 N–H and O–H groups in total. The van der Waals surface area contributed by atoms with Gasteiger partial charge in [-0.3, -0.25) is 0 Å². The van der Waals surface area contributed by atoms with E-state index >= 15 is 0 Å². The summed E-state index contributed by atoms with van der Waals surface area (Å²) in [6.07, 6.45) is 0. The fraction of sp³-hybridized carbons (Fsp3) is 0.190. The zero-order chi connectivity index (χ0) is 22.7. The van der Waals surface area contributed by atoms with Crippen molar-refractivity contribution in [3.8, 4) is 23.0 Å². The minimum atomic E-state index is 0.0832. The molecule has 0 amide bonds. The number of hydrogen-bond donors (Lipinski definition) is 0. The van der Waals surface area contributed by atoms with Crippen LogP contribution in [0, 0.1) is 0 Å². The molecule has 0 atom stereocenters. The SMILES string of the molecule is COc1c(-c2nnc(CCl)o2)nn(-c2cccc(Cl)c2)c1N=Nc1ccc(N(C)C)cc1. The topological polar surface area (TPSA) is 93.9 Å². The summed E-state index contributed by atoms with van der Waals surface area (Å²) >= 11 is 12.0. The lowest BCUT2D eigenvalue weighted by Crippen LogP contribution is -2.07. The van der Waals surface area contributed by atoms with Gasteiger partial charge in [-0.2, -0.15) is 5.10 Å². The smallest absolute Gasteiger partial charge is 0.272 e. The Morgan fingerprint density at radius 1 is 1.09 bits per heavy atom. The van der Waals surface area contributed by atoms with Crippen LogP contribution >= 0.6 is 23.2 Å². The highest BCUT2D eigenvalue weighted by molar-refractivity contribution is 6.30. The van der Waals surface area contributed by atoms with Gasteiger partial charge in [0.2, 0.25) is 11.7 Å². The first-order valence-corrected chi connectivity index (χ1v) is 10.4. The Balaban J connectivity index is 1.83. The first kappa shape index (κ1) is 21.8. The summed E-state index contributed by atoms with van der Waals surface area (Å²) in [5.74, 6) is 1.17. The Labute approximate surface area is 194 Å². The van der Waals surface area contributed by atoms with E-state index in [1.165, 1.54) is 7.11 Å². The van der Waals surface area contributed by atoms with E-state index in [9.17, 15) is 0 Å². The lowest BCUT2D eigenvalue weighted by molar-refractivity contribution is 0.414. The van der Waals surface area contributed by atoms with E-state index in [1.807, 2.05) is 55.4 Å². The fourth-order valence-electron chi connectivity index (χ4n) is 2.92. The highest BCUT2D eigenvalue weighted by Crippen LogP contribution is 2.40. The molecule has 0 unspecified atom stereocenters. The molecule has 164 valence electrons. The number of azo groups is 1. The number of benzene rings is 2. The number of halogens is 2. The van der Waals surface area contributed by atoms with Crippen molar-refractivity contribution in [3.05, 3.63) is 59.4 Å². The van der Waals surface area contributed by atoms with E-state index in [0.717, 1.165) is 5.69 Å². The Morgan fingerprint density at radius 2 is 1.88 bits per heavy atom. The van der Waals surface area contributed by atoms with Crippen LogP contribution in [0.15, 0.2) is 63.2 Å². The summed E-state index contributed by atoms with van der Waals surface area (Å²) in [5.41, 5.74) is 2.70. The second-order valence-corrected chi connectivity index (χ2v) is 7.55. The van der Waals surface area contributed by atoms with Crippen molar-refractivity contribution < 1.29 is 9.15 Å². The van der Waals surface area contributed by atoms with Gasteiger partial charge in [-0.1, -0.05) is 17.7 Å². The van der Waals surface area contributed by atoms with Crippen LogP contribution in [-0.2, 0) is 5.88 Å². The van der Waals surface area contributed by atoms with Crippen LogP contribution in [0.4, 0.5) is 17.2 Å². The molecule has 32 heavy (non-hydrogen) atoms. The second kappa shape index (κ2) is 9.37. The van der Waals surface area contributed by atoms with Crippen molar-refractivity contribution in [1.82, 2.24) is 20.0 Å². The average molecular weight is 472 g/mol. The monoisotopic (exact) mass is 471 g/mol. The summed E-state index contributed by atoms with van der Waals surface area (Å²) in [7, 11) is 5.45. The Bertz CT molecular complexity index is 1250. The quantitative estimate of drug-likeness (QED) is 0.249. The van der Waals surface area contributed by atoms with Crippen molar-refractivity contribution >= 4 is 40.4 Å². The molecule has 0 radical (unpaired) electrons. The number of anilines is 1. The molecule has 0 aliphatic carbocycles. The maximum absolute atomic E-state index is 6.19. The van der Waals surface area contributed by atoms with E-state index in [-0.39, 0.29) is 17.7 Å². The molecule has 0 saturated heterocycles. The number of nitrogens with zero attached hydrogens (tertiary/aromatic N) is 7. The first-order chi connectivity index (χ1) is 15.5. The van der Waals surface area contributed by atoms with E-state index in [0.29, 0.717) is 33.7 Å². The van der Waals surface area contributed by atoms with Crippen molar-refractivity contribution in [2.45, 2.75) is 5.88 Å². The third-order valence-electron chi connectivity index (χ3n) is 4.49. The minimum absolute atomic E-state index is 0.0832. The van der Waals surface area contributed by atoms with E-state index in [2.05, 4.69) is 25.5 Å². The molecular formula is C21H19Cl2N7O2. The van der Waals surface area contributed by atoms with Crippen LogP contribution in [0.2, 0.25) is 5.02 Å². The average Bonchev–Trinajstić information content (AvgIpc) is 3.42. The van der Waals surface area contributed by atoms with Gasteiger partial charge in [-0.15, -0.1) is 32.0 Å². The number of alkyl halides is 1. The molecule has 2 aromatic carbocycles. The molecule has 0 saturated carbocycles. The van der Waals surface area contributed by atoms with Gasteiger partial charge in [0.15, 0.2) is 11.4 Å². The molecule has 0 fully saturated rings. The molecule has 4 rings (SSSR count). The van der Waals surface area contributed by atoms with Gasteiger partial charge in [-0.05, 0) is 42.5 Å². The summed E-state index contributed by atoms with van der Waals surface area (Å²) in [5, 5.41) is 21.8. The molecular weight excluding hydrogens is 453 g/mol. The van der Waals surface area contributed by atoms with Crippen LogP contribution in [0.3, 0.4) is 0 Å². The van der Waals surface area contributed by atoms with Gasteiger partial charge < -0.3 is 14.1 Å². The van der Waals surface area contributed by atoms with Gasteiger partial charge in [0.05, 0.1) is 18.5 Å². The zero-order valence-electron chi connectivity index (χ0n) is 17.5. The van der Waals surface area contributed by atoms with Crippen LogP contribution in [0.1, 0.15) is 5.89 Å². The number of rotatable bonds is 7. The summed E-state index contributed by atoms with van der Waals surface area (Å²) in [4.78, 5) is 2.00. The molecule has 2 heterocycles. The maximum atomic E-state index is 6.19. The standard InChI is InChI=1S/C21H19Cl2N7O2/c1-29(2)15-9-7-14(8-10-15)24-26-20-19(31-3)18(21-27-25-17(12-22)32-21)28-30(20)16-6-4-5-13(23)11-16/h4-11H,12H2,1-3H3. The lowest BCUT2D eigenvalue weighted by atomic mass is 10.3. The van der Waals surface area contributed by atoms with Crippen molar-refractivity contribution in [2.75, 3.05) is 26.1 Å². The summed E-state index contributed by atoms with van der Waals surface area (Å²) < 4.78 is 12.7. The highest BCUT2D eigenvalue weighted by atomic mass is 35.5. The second-order valence-electron chi connectivity index (χ2n) is 6.84. The molecule has 0 aliphatic heterocycles. The van der Waals surface area contributed by atoms with E-state index in [4.69, 9.17) is 32.4 Å². The lowest BCUT2D eigenvalue weighted by Gasteiger charge is -2.11. The molecule has 9 nitrogen and oxygen atoms in total. The van der Waals surface area contributed by atoms with Gasteiger partial charge >= 0.3 is 0 Å². The minimum Gasteiger partial charge on any atom is -0.491 e. The largest absolute Gasteiger partial charge is 0.491 e. The molecule has 4 aromatic rings. The maximum Gasteiger partial charge on any atom is 0.272 e. The van der Waals surface area contributed by atoms with Crippen LogP contribution in [-0.4, -0.2) is 41.2 Å². The molecule has 0 aliphatic rings. The predicted molar refractivity (Wildman–Crippen MR) is 123 cm³/mol. The first-order valence-electron chi connectivity index (χ1n) is 9.51. The van der Waals surface area contributed by atoms with Gasteiger partial charge in [0.1, 0.15) is 5.88 Å². The Morgan fingerprint density at radius 3 is 2.50 bits per heavy atom. The van der Waals surface area contributed by atoms with Crippen molar-refractivity contribution in [2.24, 2.45) is 10.2 Å². The third-order valence-corrected chi connectivity index (χ3v) is 4.95. The zero-order valence-corrected chi connectivity index (χ0v) is 19.0. The molecule has 2 aromatic heterocycles. The Kier molecular flexibility index (Phi) is 6.38. The Hall–Kier alpha value is -3.43. The van der Waals surface area contributed by atoms with Crippen molar-refractivity contribution in [1.29, 1.82) is 0 Å². The molecule has 11 heteroatoms. The third kappa shape index (κ3) is 4.44. The number of methoxy groups -OCH3 is 1.